The molecule has 0 atom stereocenters. The minimum absolute atomic E-state index is 0. The minimum Gasteiger partial charge on any atom is -0.512 e. The minimum atomic E-state index is -0.125. The van der Waals surface area contributed by atoms with Crippen molar-refractivity contribution in [2.45, 2.75) is 253 Å². The molecule has 119 heavy (non-hydrogen) atoms. The molecule has 15 heteroatoms. The van der Waals surface area contributed by atoms with Crippen LogP contribution in [0, 0.1) is 39.0 Å². The molecule has 12 nitrogen and oxygen atoms in total. The Balaban J connectivity index is 0.000000330. The molecule has 6 heterocycles. The van der Waals surface area contributed by atoms with Gasteiger partial charge in [-0.15, -0.1) is 105 Å². The summed E-state index contributed by atoms with van der Waals surface area (Å²) in [4.78, 5) is 44.2. The van der Waals surface area contributed by atoms with Crippen LogP contribution in [0.5, 0.6) is 0 Å². The number of aliphatic hydroxyl groups is 3. The summed E-state index contributed by atoms with van der Waals surface area (Å²) in [6.45, 7) is 61.9. The number of nitrogens with zero attached hydrogens (tertiary/aromatic N) is 3. The first-order chi connectivity index (χ1) is 53.7. The topological polar surface area (TPSA) is 190 Å². The van der Waals surface area contributed by atoms with Gasteiger partial charge in [-0.1, -0.05) is 233 Å². The molecule has 0 fully saturated rings. The van der Waals surface area contributed by atoms with E-state index in [4.69, 9.17) is 38.5 Å². The largest absolute Gasteiger partial charge is 0.512 e. The summed E-state index contributed by atoms with van der Waals surface area (Å²) in [5.74, 6) is 3.86. The van der Waals surface area contributed by atoms with Crippen molar-refractivity contribution in [2.75, 3.05) is 0 Å². The van der Waals surface area contributed by atoms with Crippen LogP contribution in [0.1, 0.15) is 266 Å². The predicted octanol–water partition coefficient (Wildman–Crippen LogP) is 28.8. The summed E-state index contributed by atoms with van der Waals surface area (Å²) in [7, 11) is 0. The van der Waals surface area contributed by atoms with Crippen LogP contribution < -0.4 is 0 Å². The molecule has 0 unspecified atom stereocenters. The zero-order chi connectivity index (χ0) is 86.6. The second kappa shape index (κ2) is 43.0. The number of aryl methyl sites for hydroxylation is 3. The van der Waals surface area contributed by atoms with E-state index >= 15 is 0 Å². The zero-order valence-corrected chi connectivity index (χ0v) is 82.7. The second-order valence-corrected chi connectivity index (χ2v) is 36.7. The van der Waals surface area contributed by atoms with Crippen LogP contribution in [0.3, 0.4) is 0 Å². The van der Waals surface area contributed by atoms with Crippen LogP contribution in [-0.4, -0.2) is 47.6 Å². The number of furan rings is 3. The summed E-state index contributed by atoms with van der Waals surface area (Å²) in [6, 6.07) is 58.6. The molecule has 0 aliphatic carbocycles. The van der Waals surface area contributed by atoms with E-state index in [1.807, 2.05) is 18.6 Å². The molecule has 639 valence electrons. The van der Waals surface area contributed by atoms with E-state index in [2.05, 4.69) is 323 Å². The molecule has 0 spiro atoms. The van der Waals surface area contributed by atoms with Gasteiger partial charge in [-0.2, -0.15) is 0 Å². The average Bonchev–Trinajstić information content (AvgIpc) is 1.68. The number of hydrogen-bond acceptors (Lipinski definition) is 12. The summed E-state index contributed by atoms with van der Waals surface area (Å²) in [5.41, 5.74) is 26.0. The standard InChI is InChI=1S/C32H38NO.C30H34NO.C27H28NO.3C5H8O2.3Ir/c1-20-11-21(13-24(12-20)30(2,3)4)27-16-23-17-28(34-29(23)19-33-27)22-14-25(31(5,6)7)18-26(15-22)32(8,9)10;1-18(2)24-10-9-11-25(19(3)4)29(24)27-16-22-15-26(31-17-28(22)32-27)21-12-20(5)13-23(14-21)30(6,7)8;1-17(2)19-7-9-20(10-8-19)25-15-22-14-24(28-16-26(22)29-25)21-11-18(3)12-23(13-21)27(4,5)6;3*1-4(6)3-5(2)7;;;/h12-19H,1-10H3;9-11,13-19H,1-8H3;7-10,12-17H,1-6H3;3*3,6H,1-2H3;;;/q3*-1;;;;;;. The van der Waals surface area contributed by atoms with Crippen molar-refractivity contribution in [1.82, 2.24) is 15.0 Å². The number of carbonyl (C=O) groups excluding carboxylic acids is 3. The molecule has 0 aliphatic rings. The number of allylic oxidation sites excluding steroid dienone is 6. The van der Waals surface area contributed by atoms with Gasteiger partial charge >= 0.3 is 0 Å². The van der Waals surface area contributed by atoms with Gasteiger partial charge in [0, 0.05) is 111 Å². The fourth-order valence-electron chi connectivity index (χ4n) is 12.9. The molecular weight excluding hydrogens is 2010 g/mol. The van der Waals surface area contributed by atoms with Crippen molar-refractivity contribution < 1.29 is 103 Å². The van der Waals surface area contributed by atoms with E-state index in [1.165, 1.54) is 110 Å². The maximum atomic E-state index is 10.0. The van der Waals surface area contributed by atoms with Gasteiger partial charge in [0.1, 0.15) is 17.3 Å². The van der Waals surface area contributed by atoms with Crippen LogP contribution in [0.4, 0.5) is 0 Å². The number of aromatic nitrogens is 3. The molecule has 0 saturated carbocycles. The molecule has 3 N–H and O–H groups in total. The van der Waals surface area contributed by atoms with Crippen molar-refractivity contribution in [3.8, 4) is 67.7 Å². The molecular formula is C104H124Ir3N3O9-3. The van der Waals surface area contributed by atoms with E-state index in [1.54, 1.807) is 0 Å². The Labute approximate surface area is 749 Å². The number of aliphatic hydroxyl groups excluding tert-OH is 3. The Kier molecular flexibility index (Phi) is 36.9. The number of ketones is 3. The first-order valence-corrected chi connectivity index (χ1v) is 40.1. The normalized spacial score (nSPS) is 12.0. The van der Waals surface area contributed by atoms with Gasteiger partial charge in [-0.25, -0.2) is 0 Å². The van der Waals surface area contributed by atoms with Gasteiger partial charge < -0.3 is 43.5 Å². The van der Waals surface area contributed by atoms with Gasteiger partial charge in [0.15, 0.2) is 34.1 Å². The molecule has 12 rings (SSSR count). The van der Waals surface area contributed by atoms with Crippen LogP contribution in [0.25, 0.3) is 101 Å². The Morgan fingerprint density at radius 3 is 0.891 bits per heavy atom. The summed E-state index contributed by atoms with van der Waals surface area (Å²) >= 11 is 0. The van der Waals surface area contributed by atoms with E-state index in [9.17, 15) is 14.4 Å². The number of rotatable bonds is 12. The third-order valence-electron chi connectivity index (χ3n) is 19.3. The number of hydrogen-bond donors (Lipinski definition) is 3. The van der Waals surface area contributed by atoms with Crippen molar-refractivity contribution in [3.05, 3.63) is 267 Å². The van der Waals surface area contributed by atoms with Gasteiger partial charge in [0.2, 0.25) is 0 Å². The first kappa shape index (κ1) is 102. The molecule has 6 aromatic carbocycles. The molecule has 0 saturated heterocycles. The van der Waals surface area contributed by atoms with Gasteiger partial charge in [-0.3, -0.25) is 14.4 Å². The molecule has 0 aliphatic heterocycles. The summed E-state index contributed by atoms with van der Waals surface area (Å²) in [5, 5.41) is 28.3. The smallest absolute Gasteiger partial charge is 0.155 e. The molecule has 0 amide bonds. The third kappa shape index (κ3) is 30.0. The van der Waals surface area contributed by atoms with Crippen molar-refractivity contribution in [3.63, 3.8) is 0 Å². The average molecular weight is 2140 g/mol. The number of benzene rings is 6. The van der Waals surface area contributed by atoms with Crippen LogP contribution in [-0.2, 0) is 102 Å². The van der Waals surface area contributed by atoms with E-state index in [-0.39, 0.29) is 122 Å². The monoisotopic (exact) mass is 2140 g/mol. The molecule has 12 aromatic rings. The zero-order valence-electron chi connectivity index (χ0n) is 75.5. The Hall–Kier alpha value is -9.03. The Morgan fingerprint density at radius 2 is 0.630 bits per heavy atom. The fraction of sp³-hybridized carbons (Fsp3) is 0.365. The third-order valence-corrected chi connectivity index (χ3v) is 19.3. The second-order valence-electron chi connectivity index (χ2n) is 36.7. The quantitative estimate of drug-likeness (QED) is 0.0597. The maximum Gasteiger partial charge on any atom is 0.155 e. The van der Waals surface area contributed by atoms with Gasteiger partial charge in [-0.05, 0) is 162 Å². The number of fused-ring (bicyclic) bond motifs is 3. The molecule has 6 aromatic heterocycles. The number of carbonyl (C=O) groups is 3. The summed E-state index contributed by atoms with van der Waals surface area (Å²) in [6.07, 6.45) is 9.02. The van der Waals surface area contributed by atoms with Crippen molar-refractivity contribution in [2.24, 2.45) is 0 Å². The number of pyridine rings is 3. The fourth-order valence-corrected chi connectivity index (χ4v) is 12.9. The molecule has 0 bridgehead atoms. The molecule has 3 radical (unpaired) electrons. The SMILES string of the molecule is CC(=O)C=C(C)O.CC(=O)C=C(C)O.CC(=O)C=C(C)O.Cc1[c-]c(-c2cc3cc(-c4c(C(C)C)cccc4C(C)C)oc3cn2)cc(C(C)(C)C)c1.Cc1[c-]c(-c2cc3cc(-c4cc(C(C)(C)C)cc(C(C)(C)C)c4)oc3cn2)cc(C(C)(C)C)c1.Cc1[c-]c(-c2cc3cc(-c4ccc(C(C)C)cc4)oc3cn2)cc(C(C)(C)C)c1.[Ir].[Ir].[Ir]. The maximum absolute atomic E-state index is 10.0. The Morgan fingerprint density at radius 1 is 0.353 bits per heavy atom. The van der Waals surface area contributed by atoms with E-state index in [0.717, 1.165) is 112 Å². The van der Waals surface area contributed by atoms with Crippen molar-refractivity contribution >= 4 is 50.3 Å². The summed E-state index contributed by atoms with van der Waals surface area (Å²) < 4.78 is 18.7. The predicted molar refractivity (Wildman–Crippen MR) is 482 cm³/mol. The van der Waals surface area contributed by atoms with E-state index < -0.39 is 0 Å². The van der Waals surface area contributed by atoms with Gasteiger partial charge in [0.25, 0.3) is 0 Å². The van der Waals surface area contributed by atoms with Crippen molar-refractivity contribution in [1.29, 1.82) is 0 Å². The van der Waals surface area contributed by atoms with Crippen LogP contribution in [0.15, 0.2) is 201 Å². The first-order valence-electron chi connectivity index (χ1n) is 40.1. The van der Waals surface area contributed by atoms with Crippen LogP contribution >= 0.6 is 0 Å². The van der Waals surface area contributed by atoms with E-state index in [0.29, 0.717) is 17.8 Å². The van der Waals surface area contributed by atoms with Crippen LogP contribution in [0.2, 0.25) is 0 Å². The van der Waals surface area contributed by atoms with Gasteiger partial charge in [0.05, 0.1) is 35.9 Å². The Bertz CT molecular complexity index is 5430.